The minimum absolute atomic E-state index is 0.0448. The van der Waals surface area contributed by atoms with Crippen LogP contribution in [0, 0.1) is 23.3 Å². The van der Waals surface area contributed by atoms with Crippen molar-refractivity contribution in [3.63, 3.8) is 0 Å². The number of carbonyl (C=O) groups is 1. The highest BCUT2D eigenvalue weighted by atomic mass is 19.1. The van der Waals surface area contributed by atoms with Crippen LogP contribution in [0.15, 0.2) is 48.5 Å². The van der Waals surface area contributed by atoms with E-state index in [1.165, 1.54) is 12.1 Å². The van der Waals surface area contributed by atoms with Crippen LogP contribution in [0.1, 0.15) is 40.0 Å². The minimum Gasteiger partial charge on any atom is -0.508 e. The summed E-state index contributed by atoms with van der Waals surface area (Å²) in [7, 11) is 5.56. The lowest BCUT2D eigenvalue weighted by Crippen LogP contribution is -2.26. The van der Waals surface area contributed by atoms with Crippen LogP contribution in [0.5, 0.6) is 5.75 Å². The number of carbonyl (C=O) groups excluding carboxylic acids is 1. The van der Waals surface area contributed by atoms with Gasteiger partial charge in [0.2, 0.25) is 0 Å². The lowest BCUT2D eigenvalue weighted by atomic mass is 10.0. The third kappa shape index (κ3) is 6.10. The van der Waals surface area contributed by atoms with E-state index in [9.17, 15) is 27.5 Å². The number of rotatable bonds is 8. The molecule has 35 heavy (non-hydrogen) atoms. The molecule has 3 aromatic rings. The fourth-order valence-corrected chi connectivity index (χ4v) is 3.66. The lowest BCUT2D eigenvalue weighted by Gasteiger charge is -2.29. The predicted octanol–water partition coefficient (Wildman–Crippen LogP) is 5.14. The second-order valence-corrected chi connectivity index (χ2v) is 8.58. The van der Waals surface area contributed by atoms with Gasteiger partial charge in [0.05, 0.1) is 0 Å². The molecule has 0 spiro atoms. The zero-order valence-electron chi connectivity index (χ0n) is 19.9. The van der Waals surface area contributed by atoms with Crippen LogP contribution in [0.25, 0.3) is 0 Å². The van der Waals surface area contributed by atoms with Crippen molar-refractivity contribution in [2.75, 3.05) is 26.0 Å². The van der Waals surface area contributed by atoms with Gasteiger partial charge in [-0.3, -0.25) is 4.79 Å². The summed E-state index contributed by atoms with van der Waals surface area (Å²) in [6.07, 6.45) is 0. The minimum atomic E-state index is -1.09. The molecule has 0 radical (unpaired) electrons. The molecule has 0 aromatic heterocycles. The summed E-state index contributed by atoms with van der Waals surface area (Å²) in [5.74, 6) is -4.54. The average Bonchev–Trinajstić information content (AvgIpc) is 2.79. The van der Waals surface area contributed by atoms with Crippen molar-refractivity contribution in [2.45, 2.75) is 26.1 Å². The van der Waals surface area contributed by atoms with Gasteiger partial charge in [-0.15, -0.1) is 0 Å². The first-order chi connectivity index (χ1) is 16.5. The molecule has 0 aliphatic rings. The normalized spacial score (nSPS) is 12.0. The maximum atomic E-state index is 14.3. The quantitative estimate of drug-likeness (QED) is 0.431. The van der Waals surface area contributed by atoms with Crippen molar-refractivity contribution in [2.24, 2.45) is 0 Å². The molecular formula is C26H27F4N3O2. The number of phenols is 1. The lowest BCUT2D eigenvalue weighted by molar-refractivity contribution is 0.0950. The molecule has 0 heterocycles. The number of halogens is 4. The van der Waals surface area contributed by atoms with Crippen LogP contribution in [0.2, 0.25) is 0 Å². The Morgan fingerprint density at radius 1 is 0.943 bits per heavy atom. The Morgan fingerprint density at radius 3 is 2.20 bits per heavy atom. The monoisotopic (exact) mass is 489 g/mol. The molecule has 9 heteroatoms. The summed E-state index contributed by atoms with van der Waals surface area (Å²) in [6, 6.07) is 9.97. The number of nitrogens with zero attached hydrogens (tertiary/aromatic N) is 2. The fraction of sp³-hybridized carbons (Fsp3) is 0.269. The zero-order chi connectivity index (χ0) is 25.9. The molecule has 0 fully saturated rings. The summed E-state index contributed by atoms with van der Waals surface area (Å²) < 4.78 is 55.3. The summed E-state index contributed by atoms with van der Waals surface area (Å²) >= 11 is 0. The van der Waals surface area contributed by atoms with Crippen molar-refractivity contribution >= 4 is 11.6 Å². The standard InChI is InChI=1S/C26H27F4N3O2/c1-15(32(2)3)20-8-6-16(26(35)31-13-21-23(29)10-18(27)11-24(21)30)9-25(20)33(4)14-17-5-7-19(34)12-22(17)28/h5-12,15,34H,13-14H2,1-4H3,(H,31,35). The molecule has 0 saturated heterocycles. The molecule has 1 amide bonds. The smallest absolute Gasteiger partial charge is 0.251 e. The highest BCUT2D eigenvalue weighted by Crippen LogP contribution is 2.31. The number of aromatic hydroxyl groups is 1. The van der Waals surface area contributed by atoms with Gasteiger partial charge >= 0.3 is 0 Å². The molecule has 0 bridgehead atoms. The van der Waals surface area contributed by atoms with Crippen molar-refractivity contribution < 1.29 is 27.5 Å². The third-order valence-corrected chi connectivity index (χ3v) is 5.90. The van der Waals surface area contributed by atoms with Crippen LogP contribution in [0.4, 0.5) is 23.2 Å². The second kappa shape index (κ2) is 10.8. The van der Waals surface area contributed by atoms with E-state index < -0.39 is 41.3 Å². The average molecular weight is 490 g/mol. The van der Waals surface area contributed by atoms with Crippen molar-refractivity contribution in [1.29, 1.82) is 0 Å². The van der Waals surface area contributed by atoms with E-state index in [1.54, 1.807) is 30.1 Å². The van der Waals surface area contributed by atoms with Gasteiger partial charge < -0.3 is 20.2 Å². The molecule has 1 unspecified atom stereocenters. The first-order valence-corrected chi connectivity index (χ1v) is 10.9. The summed E-state index contributed by atoms with van der Waals surface area (Å²) in [4.78, 5) is 16.6. The van der Waals surface area contributed by atoms with Gasteiger partial charge in [-0.1, -0.05) is 12.1 Å². The van der Waals surface area contributed by atoms with Gasteiger partial charge in [0.1, 0.15) is 29.0 Å². The van der Waals surface area contributed by atoms with Crippen LogP contribution in [-0.2, 0) is 13.1 Å². The Balaban J connectivity index is 1.89. The van der Waals surface area contributed by atoms with Gasteiger partial charge in [-0.2, -0.15) is 0 Å². The largest absolute Gasteiger partial charge is 0.508 e. The first kappa shape index (κ1) is 26.0. The summed E-state index contributed by atoms with van der Waals surface area (Å²) in [5, 5.41) is 11.9. The topological polar surface area (TPSA) is 55.8 Å². The number of hydrogen-bond acceptors (Lipinski definition) is 4. The Labute approximate surface area is 201 Å². The fourth-order valence-electron chi connectivity index (χ4n) is 3.66. The molecule has 3 aromatic carbocycles. The Kier molecular flexibility index (Phi) is 8.01. The number of phenolic OH excluding ortho intramolecular Hbond substituents is 1. The third-order valence-electron chi connectivity index (χ3n) is 5.90. The number of hydrogen-bond donors (Lipinski definition) is 2. The molecule has 0 aliphatic heterocycles. The van der Waals surface area contributed by atoms with Crippen molar-refractivity contribution in [1.82, 2.24) is 10.2 Å². The van der Waals surface area contributed by atoms with E-state index in [1.807, 2.05) is 25.9 Å². The molecule has 186 valence electrons. The maximum absolute atomic E-state index is 14.3. The Morgan fingerprint density at radius 2 is 1.60 bits per heavy atom. The maximum Gasteiger partial charge on any atom is 0.251 e. The predicted molar refractivity (Wildman–Crippen MR) is 126 cm³/mol. The summed E-state index contributed by atoms with van der Waals surface area (Å²) in [6.45, 7) is 1.68. The molecule has 5 nitrogen and oxygen atoms in total. The summed E-state index contributed by atoms with van der Waals surface area (Å²) in [5.41, 5.74) is 1.67. The number of benzene rings is 3. The molecule has 2 N–H and O–H groups in total. The molecule has 1 atom stereocenters. The highest BCUT2D eigenvalue weighted by molar-refractivity contribution is 5.95. The Bertz CT molecular complexity index is 1210. The van der Waals surface area contributed by atoms with Gasteiger partial charge in [-0.05, 0) is 44.8 Å². The van der Waals surface area contributed by atoms with Crippen LogP contribution >= 0.6 is 0 Å². The Hall–Kier alpha value is -3.59. The van der Waals surface area contributed by atoms with Crippen LogP contribution in [-0.4, -0.2) is 37.1 Å². The van der Waals surface area contributed by atoms with Gasteiger partial charge in [0, 0.05) is 66.8 Å². The van der Waals surface area contributed by atoms with Crippen molar-refractivity contribution in [3.8, 4) is 5.75 Å². The van der Waals surface area contributed by atoms with Gasteiger partial charge in [0.15, 0.2) is 0 Å². The SMILES string of the molecule is CC(c1ccc(C(=O)NCc2c(F)cc(F)cc2F)cc1N(C)Cc1ccc(O)cc1F)N(C)C. The number of nitrogens with one attached hydrogen (secondary N) is 1. The number of anilines is 1. The molecular weight excluding hydrogens is 462 g/mol. The van der Waals surface area contributed by atoms with Crippen molar-refractivity contribution in [3.05, 3.63) is 94.1 Å². The second-order valence-electron chi connectivity index (χ2n) is 8.58. The van der Waals surface area contributed by atoms with Gasteiger partial charge in [0.25, 0.3) is 5.91 Å². The molecule has 0 aliphatic carbocycles. The van der Waals surface area contributed by atoms with E-state index in [-0.39, 0.29) is 23.9 Å². The van der Waals surface area contributed by atoms with Crippen LogP contribution in [0.3, 0.4) is 0 Å². The number of amides is 1. The van der Waals surface area contributed by atoms with Gasteiger partial charge in [-0.25, -0.2) is 17.6 Å². The zero-order valence-corrected chi connectivity index (χ0v) is 19.9. The molecule has 0 saturated carbocycles. The van der Waals surface area contributed by atoms with E-state index in [0.29, 0.717) is 23.4 Å². The first-order valence-electron chi connectivity index (χ1n) is 10.9. The van der Waals surface area contributed by atoms with E-state index >= 15 is 0 Å². The van der Waals surface area contributed by atoms with E-state index in [0.717, 1.165) is 11.6 Å². The van der Waals surface area contributed by atoms with Crippen LogP contribution < -0.4 is 10.2 Å². The highest BCUT2D eigenvalue weighted by Gasteiger charge is 2.20. The molecule has 3 rings (SSSR count). The van der Waals surface area contributed by atoms with E-state index in [4.69, 9.17) is 0 Å². The van der Waals surface area contributed by atoms with E-state index in [2.05, 4.69) is 5.32 Å².